The van der Waals surface area contributed by atoms with E-state index < -0.39 is 18.5 Å². The van der Waals surface area contributed by atoms with E-state index in [0.29, 0.717) is 33.5 Å². The second-order valence-electron chi connectivity index (χ2n) is 8.55. The second kappa shape index (κ2) is 9.20. The van der Waals surface area contributed by atoms with E-state index in [1.165, 1.54) is 7.11 Å². The zero-order chi connectivity index (χ0) is 26.4. The first kappa shape index (κ1) is 23.5. The molecule has 3 heterocycles. The van der Waals surface area contributed by atoms with Crippen molar-refractivity contribution in [3.8, 4) is 33.9 Å². The van der Waals surface area contributed by atoms with Gasteiger partial charge in [0.15, 0.2) is 18.1 Å². The lowest BCUT2D eigenvalue weighted by Crippen LogP contribution is -2.11. The first-order chi connectivity index (χ1) is 18.4. The molecule has 0 radical (unpaired) electrons. The highest BCUT2D eigenvalue weighted by molar-refractivity contribution is 7.00. The van der Waals surface area contributed by atoms with Gasteiger partial charge in [-0.05, 0) is 53.6 Å². The number of rotatable bonds is 8. The number of aromatic nitrogens is 3. The standard InChI is InChI=1S/C27H19N3O7S/c1-35-20-7-5-15(11-21(20)37-13-22(31)32)23-24-19(10-16-3-2-8-36-26(16)24)30(25(23)27(33)34)12-14-4-6-17-18(9-14)29-38-28-17/h2-11H,12-13H2,1H3,(H,31,32)(H,33,34). The Morgan fingerprint density at radius 2 is 1.84 bits per heavy atom. The molecule has 10 nitrogen and oxygen atoms in total. The Morgan fingerprint density at radius 3 is 2.63 bits per heavy atom. The lowest BCUT2D eigenvalue weighted by atomic mass is 10.0. The second-order valence-corrected chi connectivity index (χ2v) is 9.08. The fourth-order valence-corrected chi connectivity index (χ4v) is 5.25. The molecule has 0 spiro atoms. The number of carboxylic acids is 2. The van der Waals surface area contributed by atoms with E-state index in [1.54, 1.807) is 35.1 Å². The summed E-state index contributed by atoms with van der Waals surface area (Å²) in [4.78, 5) is 23.9. The summed E-state index contributed by atoms with van der Waals surface area (Å²) in [6.45, 7) is -0.314. The molecule has 0 saturated heterocycles. The van der Waals surface area contributed by atoms with Gasteiger partial charge in [0.2, 0.25) is 0 Å². The van der Waals surface area contributed by atoms with Crippen molar-refractivity contribution in [2.75, 3.05) is 13.7 Å². The fourth-order valence-electron chi connectivity index (χ4n) is 4.74. The van der Waals surface area contributed by atoms with E-state index in [2.05, 4.69) is 8.75 Å². The maximum Gasteiger partial charge on any atom is 0.353 e. The van der Waals surface area contributed by atoms with Crippen molar-refractivity contribution in [3.05, 3.63) is 72.1 Å². The zero-order valence-electron chi connectivity index (χ0n) is 19.9. The maximum atomic E-state index is 12.8. The summed E-state index contributed by atoms with van der Waals surface area (Å²) >= 11 is 1.12. The summed E-state index contributed by atoms with van der Waals surface area (Å²) in [6.07, 6.45) is 1.54. The van der Waals surface area contributed by atoms with E-state index in [4.69, 9.17) is 19.0 Å². The molecule has 0 saturated carbocycles. The third kappa shape index (κ3) is 3.89. The van der Waals surface area contributed by atoms with Gasteiger partial charge >= 0.3 is 11.9 Å². The largest absolute Gasteiger partial charge is 0.493 e. The number of fused-ring (bicyclic) bond motifs is 4. The third-order valence-corrected chi connectivity index (χ3v) is 6.85. The third-order valence-electron chi connectivity index (χ3n) is 6.29. The number of nitrogens with zero attached hydrogens (tertiary/aromatic N) is 3. The van der Waals surface area contributed by atoms with Crippen LogP contribution in [0.2, 0.25) is 0 Å². The van der Waals surface area contributed by atoms with Crippen LogP contribution in [0.5, 0.6) is 11.5 Å². The molecule has 2 aromatic heterocycles. The molecule has 0 bridgehead atoms. The summed E-state index contributed by atoms with van der Waals surface area (Å²) in [7, 11) is 1.44. The zero-order valence-corrected chi connectivity index (χ0v) is 20.7. The van der Waals surface area contributed by atoms with E-state index in [1.807, 2.05) is 30.3 Å². The van der Waals surface area contributed by atoms with Gasteiger partial charge in [0.25, 0.3) is 0 Å². The van der Waals surface area contributed by atoms with Crippen LogP contribution in [-0.4, -0.2) is 49.2 Å². The molecule has 2 aliphatic rings. The van der Waals surface area contributed by atoms with Crippen molar-refractivity contribution in [2.24, 2.45) is 0 Å². The number of hydrogen-bond donors (Lipinski definition) is 2. The summed E-state index contributed by atoms with van der Waals surface area (Å²) < 4.78 is 26.9. The highest BCUT2D eigenvalue weighted by Gasteiger charge is 2.30. The quantitative estimate of drug-likeness (QED) is 0.271. The molecule has 0 unspecified atom stereocenters. The Hall–Kier alpha value is -4.90. The predicted octanol–water partition coefficient (Wildman–Crippen LogP) is 5.23. The van der Waals surface area contributed by atoms with E-state index in [0.717, 1.165) is 33.9 Å². The number of carbonyl (C=O) groups is 2. The van der Waals surface area contributed by atoms with Crippen LogP contribution in [0, 0.1) is 0 Å². The molecule has 4 aromatic rings. The van der Waals surface area contributed by atoms with Crippen molar-refractivity contribution in [1.82, 2.24) is 13.3 Å². The highest BCUT2D eigenvalue weighted by atomic mass is 32.1. The number of ether oxygens (including phenoxy) is 2. The molecule has 0 fully saturated rings. The monoisotopic (exact) mass is 529 g/mol. The van der Waals surface area contributed by atoms with Crippen LogP contribution in [0.3, 0.4) is 0 Å². The van der Waals surface area contributed by atoms with Gasteiger partial charge in [-0.25, -0.2) is 9.59 Å². The van der Waals surface area contributed by atoms with E-state index in [-0.39, 0.29) is 18.0 Å². The Morgan fingerprint density at radius 1 is 1.00 bits per heavy atom. The van der Waals surface area contributed by atoms with E-state index >= 15 is 0 Å². The number of hydrogen-bond acceptors (Lipinski definition) is 8. The van der Waals surface area contributed by atoms with Crippen LogP contribution in [0.25, 0.3) is 44.4 Å². The average molecular weight is 530 g/mol. The lowest BCUT2D eigenvalue weighted by Gasteiger charge is -2.13. The summed E-state index contributed by atoms with van der Waals surface area (Å²) in [5.41, 5.74) is 4.88. The van der Waals surface area contributed by atoms with Crippen molar-refractivity contribution < 1.29 is 33.7 Å². The molecular formula is C27H19N3O7S. The molecule has 0 amide bonds. The molecule has 2 N–H and O–H groups in total. The van der Waals surface area contributed by atoms with Gasteiger partial charge in [0, 0.05) is 17.7 Å². The SMILES string of the molecule is COc1ccc(-c2c(C(=O)O)n(Cc3ccc4nsnc4c3)c3cc4cccoc-4c23)cc1OCC(=O)O. The Labute approximate surface area is 218 Å². The minimum atomic E-state index is -1.15. The van der Waals surface area contributed by atoms with Gasteiger partial charge in [-0.1, -0.05) is 12.1 Å². The van der Waals surface area contributed by atoms with Gasteiger partial charge in [-0.3, -0.25) is 0 Å². The molecule has 0 atom stereocenters. The highest BCUT2D eigenvalue weighted by Crippen LogP contribution is 2.46. The molecule has 1 aliphatic carbocycles. The molecule has 11 heteroatoms. The summed E-state index contributed by atoms with van der Waals surface area (Å²) in [5.74, 6) is -1.23. The van der Waals surface area contributed by atoms with Gasteiger partial charge in [-0.15, -0.1) is 0 Å². The van der Waals surface area contributed by atoms with Gasteiger partial charge in [-0.2, -0.15) is 8.75 Å². The number of methoxy groups -OCH3 is 1. The fraction of sp³-hybridized carbons (Fsp3) is 0.111. The van der Waals surface area contributed by atoms with Crippen molar-refractivity contribution in [3.63, 3.8) is 0 Å². The molecule has 38 heavy (non-hydrogen) atoms. The van der Waals surface area contributed by atoms with Crippen LogP contribution in [0.4, 0.5) is 0 Å². The molecular weight excluding hydrogens is 510 g/mol. The smallest absolute Gasteiger partial charge is 0.353 e. The molecule has 1 aliphatic heterocycles. The molecule has 6 rings (SSSR count). The van der Waals surface area contributed by atoms with Gasteiger partial charge < -0.3 is 28.7 Å². The van der Waals surface area contributed by atoms with Crippen LogP contribution in [-0.2, 0) is 11.3 Å². The topological polar surface area (TPSA) is 137 Å². The molecule has 190 valence electrons. The van der Waals surface area contributed by atoms with Gasteiger partial charge in [0.05, 0.1) is 36.0 Å². The lowest BCUT2D eigenvalue weighted by molar-refractivity contribution is -0.139. The van der Waals surface area contributed by atoms with Crippen LogP contribution < -0.4 is 9.47 Å². The van der Waals surface area contributed by atoms with Crippen molar-refractivity contribution >= 4 is 45.6 Å². The predicted molar refractivity (Wildman–Crippen MR) is 139 cm³/mol. The first-order valence-corrected chi connectivity index (χ1v) is 12.2. The van der Waals surface area contributed by atoms with Crippen LogP contribution in [0.15, 0.2) is 65.3 Å². The number of carboxylic acid groups (broad SMARTS) is 2. The summed E-state index contributed by atoms with van der Waals surface area (Å²) in [5, 5.41) is 20.2. The Balaban J connectivity index is 1.60. The number of benzene rings is 2. The average Bonchev–Trinajstić information content (AvgIpc) is 3.60. The minimum Gasteiger partial charge on any atom is -0.493 e. The van der Waals surface area contributed by atoms with Crippen molar-refractivity contribution in [2.45, 2.75) is 6.54 Å². The van der Waals surface area contributed by atoms with Crippen molar-refractivity contribution in [1.29, 1.82) is 0 Å². The molecule has 2 aromatic carbocycles. The summed E-state index contributed by atoms with van der Waals surface area (Å²) in [6, 6.07) is 16.2. The van der Waals surface area contributed by atoms with Crippen LogP contribution in [0.1, 0.15) is 16.1 Å². The Bertz CT molecular complexity index is 1820. The van der Waals surface area contributed by atoms with Gasteiger partial charge in [0.1, 0.15) is 22.5 Å². The normalized spacial score (nSPS) is 11.4. The Kier molecular flexibility index (Phi) is 5.69. The minimum absolute atomic E-state index is 0.0572. The first-order valence-electron chi connectivity index (χ1n) is 11.4. The maximum absolute atomic E-state index is 12.8. The van der Waals surface area contributed by atoms with E-state index in [9.17, 15) is 14.7 Å². The number of aromatic carboxylic acids is 1. The van der Waals surface area contributed by atoms with Crippen LogP contribution >= 0.6 is 11.7 Å². The number of aliphatic carboxylic acids is 1.